The third kappa shape index (κ3) is 5.39. The first-order valence-electron chi connectivity index (χ1n) is 13.8. The number of pyridine rings is 1. The molecule has 4 nitrogen and oxygen atoms in total. The number of benzene rings is 3. The second-order valence-electron chi connectivity index (χ2n) is 10.3. The fourth-order valence-corrected chi connectivity index (χ4v) is 5.40. The highest BCUT2D eigenvalue weighted by atomic mass is 19.1. The Morgan fingerprint density at radius 1 is 0.951 bits per heavy atom. The van der Waals surface area contributed by atoms with Crippen LogP contribution in [0.4, 0.5) is 4.39 Å². The van der Waals surface area contributed by atoms with E-state index in [4.69, 9.17) is 0 Å². The molecule has 0 aliphatic heterocycles. The number of rotatable bonds is 8. The fraction of sp³-hybridized carbons (Fsp3) is 0.111. The van der Waals surface area contributed by atoms with Crippen molar-refractivity contribution in [2.75, 3.05) is 0 Å². The average Bonchev–Trinajstić information content (AvgIpc) is 3.61. The van der Waals surface area contributed by atoms with E-state index in [2.05, 4.69) is 94.4 Å². The van der Waals surface area contributed by atoms with Crippen molar-refractivity contribution in [1.29, 1.82) is 0 Å². The van der Waals surface area contributed by atoms with Gasteiger partial charge in [0, 0.05) is 22.5 Å². The second-order valence-corrected chi connectivity index (χ2v) is 10.3. The highest BCUT2D eigenvalue weighted by molar-refractivity contribution is 6.01. The van der Waals surface area contributed by atoms with E-state index in [0.29, 0.717) is 0 Å². The predicted octanol–water partition coefficient (Wildman–Crippen LogP) is 9.37. The summed E-state index contributed by atoms with van der Waals surface area (Å²) in [5, 5.41) is 9.84. The molecule has 0 unspecified atom stereocenters. The summed E-state index contributed by atoms with van der Waals surface area (Å²) in [5.74, 6) is -0.257. The van der Waals surface area contributed by atoms with E-state index in [1.54, 1.807) is 18.5 Å². The van der Waals surface area contributed by atoms with Gasteiger partial charge in [0.25, 0.3) is 0 Å². The molecule has 41 heavy (non-hydrogen) atoms. The van der Waals surface area contributed by atoms with Crippen LogP contribution in [0.1, 0.15) is 30.0 Å². The van der Waals surface area contributed by atoms with E-state index in [1.165, 1.54) is 17.2 Å². The molecule has 0 aliphatic carbocycles. The molecule has 6 aromatic rings. The summed E-state index contributed by atoms with van der Waals surface area (Å²) in [4.78, 5) is 7.91. The van der Waals surface area contributed by atoms with Crippen LogP contribution in [0.3, 0.4) is 0 Å². The van der Waals surface area contributed by atoms with Crippen LogP contribution in [0, 0.1) is 12.7 Å². The maximum atomic E-state index is 14.2. The molecular formula is C36H31FN4. The van der Waals surface area contributed by atoms with Crippen LogP contribution in [-0.2, 0) is 6.42 Å². The van der Waals surface area contributed by atoms with Crippen LogP contribution in [0.5, 0.6) is 0 Å². The van der Waals surface area contributed by atoms with Crippen molar-refractivity contribution in [3.8, 4) is 22.5 Å². The Labute approximate surface area is 239 Å². The van der Waals surface area contributed by atoms with E-state index >= 15 is 0 Å². The molecular weight excluding hydrogens is 507 g/mol. The number of hydrogen-bond donors (Lipinski definition) is 2. The normalized spacial score (nSPS) is 12.4. The minimum Gasteiger partial charge on any atom is -0.352 e. The van der Waals surface area contributed by atoms with Gasteiger partial charge in [-0.2, -0.15) is 5.10 Å². The number of fused-ring (bicyclic) bond motifs is 2. The van der Waals surface area contributed by atoms with Gasteiger partial charge >= 0.3 is 0 Å². The first-order valence-corrected chi connectivity index (χ1v) is 13.8. The van der Waals surface area contributed by atoms with Gasteiger partial charge in [0.1, 0.15) is 11.5 Å². The van der Waals surface area contributed by atoms with Crippen molar-refractivity contribution < 1.29 is 4.39 Å². The molecule has 3 aromatic carbocycles. The van der Waals surface area contributed by atoms with Crippen molar-refractivity contribution >= 4 is 27.4 Å². The molecule has 5 heteroatoms. The number of halogens is 1. The van der Waals surface area contributed by atoms with Crippen molar-refractivity contribution in [3.05, 3.63) is 138 Å². The summed E-state index contributed by atoms with van der Waals surface area (Å²) in [6.45, 7) is 8.02. The molecule has 3 aromatic heterocycles. The average molecular weight is 539 g/mol. The molecule has 6 rings (SSSR count). The maximum Gasteiger partial charge on any atom is 0.124 e. The molecule has 3 heterocycles. The number of nitrogens with one attached hydrogen (secondary N) is 2. The lowest BCUT2D eigenvalue weighted by atomic mass is 9.97. The number of nitrogens with zero attached hydrogens (tertiary/aromatic N) is 2. The van der Waals surface area contributed by atoms with Gasteiger partial charge in [-0.15, -0.1) is 0 Å². The monoisotopic (exact) mass is 538 g/mol. The highest BCUT2D eigenvalue weighted by Gasteiger charge is 2.15. The molecule has 202 valence electrons. The van der Waals surface area contributed by atoms with Crippen LogP contribution in [0.25, 0.3) is 49.9 Å². The predicted molar refractivity (Wildman–Crippen MR) is 168 cm³/mol. The number of aromatic amines is 2. The molecule has 0 saturated heterocycles. The third-order valence-corrected chi connectivity index (χ3v) is 7.51. The zero-order chi connectivity index (χ0) is 28.3. The lowest BCUT2D eigenvalue weighted by molar-refractivity contribution is 0.627. The zero-order valence-corrected chi connectivity index (χ0v) is 23.2. The molecule has 0 radical (unpaired) electrons. The summed E-state index contributed by atoms with van der Waals surface area (Å²) in [5.41, 5.74) is 10.8. The van der Waals surface area contributed by atoms with Gasteiger partial charge in [0.15, 0.2) is 0 Å². The van der Waals surface area contributed by atoms with Crippen LogP contribution < -0.4 is 0 Å². The molecule has 0 aliphatic rings. The van der Waals surface area contributed by atoms with Gasteiger partial charge in [0.2, 0.25) is 0 Å². The van der Waals surface area contributed by atoms with Gasteiger partial charge in [-0.25, -0.2) is 4.39 Å². The number of allylic oxidation sites excluding steroid dienone is 5. The Balaban J connectivity index is 1.36. The van der Waals surface area contributed by atoms with E-state index in [-0.39, 0.29) is 5.82 Å². The first kappa shape index (κ1) is 26.2. The van der Waals surface area contributed by atoms with Gasteiger partial charge in [-0.1, -0.05) is 67.3 Å². The van der Waals surface area contributed by atoms with Crippen LogP contribution >= 0.6 is 0 Å². The molecule has 0 bridgehead atoms. The Hall–Kier alpha value is -5.03. The number of aromatic nitrogens is 4. The number of aryl methyl sites for hydroxylation is 2. The summed E-state index contributed by atoms with van der Waals surface area (Å²) in [7, 11) is 0. The van der Waals surface area contributed by atoms with Gasteiger partial charge in [-0.05, 0) is 90.4 Å². The Morgan fingerprint density at radius 2 is 1.80 bits per heavy atom. The smallest absolute Gasteiger partial charge is 0.124 e. The zero-order valence-electron chi connectivity index (χ0n) is 23.2. The quantitative estimate of drug-likeness (QED) is 0.190. The largest absolute Gasteiger partial charge is 0.352 e. The standard InChI is InChI=1S/C36H31FN4/c1-4-24(11-12-25-9-7-6-8-10-25)17-26(5-2)27-13-14-33-31(19-27)36(41-40-33)34-20-30-32(21-38-22-35(30)39-34)28-15-23(3)16-29(37)18-28/h4-10,13-22,39H,1,11-12H2,2-3H3,(H,40,41)/b24-17+,26-5+. The molecule has 0 atom stereocenters. The van der Waals surface area contributed by atoms with Crippen molar-refractivity contribution in [1.82, 2.24) is 20.2 Å². The van der Waals surface area contributed by atoms with Crippen molar-refractivity contribution in [3.63, 3.8) is 0 Å². The fourth-order valence-electron chi connectivity index (χ4n) is 5.40. The number of H-pyrrole nitrogens is 2. The molecule has 0 spiro atoms. The van der Waals surface area contributed by atoms with Gasteiger partial charge in [0.05, 0.1) is 22.9 Å². The highest BCUT2D eigenvalue weighted by Crippen LogP contribution is 2.35. The van der Waals surface area contributed by atoms with E-state index in [9.17, 15) is 4.39 Å². The molecule has 2 N–H and O–H groups in total. The Bertz CT molecular complexity index is 1920. The Kier molecular flexibility index (Phi) is 7.17. The molecule has 0 saturated carbocycles. The summed E-state index contributed by atoms with van der Waals surface area (Å²) < 4.78 is 14.2. The third-order valence-electron chi connectivity index (χ3n) is 7.51. The Morgan fingerprint density at radius 3 is 2.59 bits per heavy atom. The van der Waals surface area contributed by atoms with Gasteiger partial charge in [-0.3, -0.25) is 10.1 Å². The summed E-state index contributed by atoms with van der Waals surface area (Å²) in [6.07, 6.45) is 11.8. The van der Waals surface area contributed by atoms with E-state index in [0.717, 1.165) is 73.9 Å². The van der Waals surface area contributed by atoms with Gasteiger partial charge < -0.3 is 4.98 Å². The number of hydrogen-bond acceptors (Lipinski definition) is 2. The lowest BCUT2D eigenvalue weighted by Crippen LogP contribution is -1.89. The van der Waals surface area contributed by atoms with Crippen molar-refractivity contribution in [2.24, 2.45) is 0 Å². The van der Waals surface area contributed by atoms with E-state index in [1.807, 2.05) is 25.1 Å². The maximum absolute atomic E-state index is 14.2. The summed E-state index contributed by atoms with van der Waals surface area (Å²) in [6, 6.07) is 24.0. The molecule has 0 amide bonds. The SMILES string of the molecule is C=C/C(=C\C(=C/C)c1ccc2[nH]nc(-c3cc4c(-c5cc(C)cc(F)c5)cncc4[nH]3)c2c1)CCc1ccccc1. The first-order chi connectivity index (χ1) is 20.0. The summed E-state index contributed by atoms with van der Waals surface area (Å²) >= 11 is 0. The minimum atomic E-state index is -0.257. The second kappa shape index (κ2) is 11.2. The van der Waals surface area contributed by atoms with Crippen LogP contribution in [0.2, 0.25) is 0 Å². The molecule has 0 fully saturated rings. The van der Waals surface area contributed by atoms with Crippen LogP contribution in [0.15, 0.2) is 116 Å². The lowest BCUT2D eigenvalue weighted by Gasteiger charge is -2.07. The topological polar surface area (TPSA) is 57.4 Å². The van der Waals surface area contributed by atoms with Crippen molar-refractivity contribution in [2.45, 2.75) is 26.7 Å². The van der Waals surface area contributed by atoms with Crippen LogP contribution in [-0.4, -0.2) is 20.2 Å². The van der Waals surface area contributed by atoms with E-state index < -0.39 is 0 Å². The minimum absolute atomic E-state index is 0.257.